The molecule has 0 aromatic rings. The van der Waals surface area contributed by atoms with Gasteiger partial charge in [0, 0.05) is 25.2 Å². The maximum Gasteiger partial charge on any atom is 0.0249 e. The van der Waals surface area contributed by atoms with Crippen LogP contribution in [0.25, 0.3) is 0 Å². The Labute approximate surface area is 69.2 Å². The Morgan fingerprint density at radius 1 is 1.18 bits per heavy atom. The largest absolute Gasteiger partial charge is 0.301 e. The fraction of sp³-hybridized carbons (Fsp3) is 1.00. The number of likely N-dealkylation sites (N-methyl/N-ethyl adjacent to an activating group) is 1. The van der Waals surface area contributed by atoms with Crippen molar-refractivity contribution in [2.75, 3.05) is 26.7 Å². The predicted octanol–water partition coefficient (Wildman–Crippen LogP) is 0.785. The van der Waals surface area contributed by atoms with Crippen molar-refractivity contribution in [2.45, 2.75) is 31.8 Å². The Balaban J connectivity index is 2.06. The molecular formula is C9H18N2. The van der Waals surface area contributed by atoms with Gasteiger partial charge in [-0.2, -0.15) is 0 Å². The van der Waals surface area contributed by atoms with Crippen LogP contribution in [0.3, 0.4) is 0 Å². The summed E-state index contributed by atoms with van der Waals surface area (Å²) >= 11 is 0. The predicted molar refractivity (Wildman–Crippen MR) is 46.7 cm³/mol. The first-order valence-corrected chi connectivity index (χ1v) is 4.73. The van der Waals surface area contributed by atoms with Crippen molar-refractivity contribution in [3.63, 3.8) is 0 Å². The number of piperazine rings is 1. The average molecular weight is 154 g/mol. The quantitative estimate of drug-likeness (QED) is 0.509. The lowest BCUT2D eigenvalue weighted by molar-refractivity contribution is 0.0719. The first-order chi connectivity index (χ1) is 5.29. The molecule has 0 saturated carbocycles. The zero-order valence-electron chi connectivity index (χ0n) is 7.58. The van der Waals surface area contributed by atoms with Crippen molar-refractivity contribution in [3.8, 4) is 0 Å². The van der Waals surface area contributed by atoms with E-state index in [0.29, 0.717) is 0 Å². The third-order valence-corrected chi connectivity index (χ3v) is 3.41. The molecule has 0 spiro atoms. The molecule has 0 N–H and O–H groups in total. The van der Waals surface area contributed by atoms with E-state index in [1.807, 2.05) is 0 Å². The zero-order valence-corrected chi connectivity index (χ0v) is 7.58. The highest BCUT2D eigenvalue weighted by atomic mass is 15.3. The molecule has 2 unspecified atom stereocenters. The smallest absolute Gasteiger partial charge is 0.0249 e. The molecule has 2 heteroatoms. The highest BCUT2D eigenvalue weighted by Crippen LogP contribution is 2.25. The molecule has 2 heterocycles. The van der Waals surface area contributed by atoms with Crippen LogP contribution in [-0.2, 0) is 0 Å². The van der Waals surface area contributed by atoms with Crippen molar-refractivity contribution >= 4 is 0 Å². The molecule has 0 bridgehead atoms. The van der Waals surface area contributed by atoms with E-state index in [0.717, 1.165) is 12.1 Å². The zero-order chi connectivity index (χ0) is 7.84. The summed E-state index contributed by atoms with van der Waals surface area (Å²) in [6.07, 6.45) is 2.84. The summed E-state index contributed by atoms with van der Waals surface area (Å²) in [7, 11) is 2.25. The third kappa shape index (κ3) is 1.18. The van der Waals surface area contributed by atoms with Crippen LogP contribution < -0.4 is 0 Å². The molecule has 11 heavy (non-hydrogen) atoms. The minimum atomic E-state index is 0.784. The maximum atomic E-state index is 2.66. The van der Waals surface area contributed by atoms with Crippen molar-refractivity contribution in [2.24, 2.45) is 0 Å². The SMILES string of the molecule is CC1C2CCCN2CCN1C. The van der Waals surface area contributed by atoms with E-state index in [2.05, 4.69) is 23.8 Å². The molecular weight excluding hydrogens is 136 g/mol. The molecule has 2 fully saturated rings. The van der Waals surface area contributed by atoms with Gasteiger partial charge in [0.15, 0.2) is 0 Å². The van der Waals surface area contributed by atoms with E-state index in [9.17, 15) is 0 Å². The highest BCUT2D eigenvalue weighted by molar-refractivity contribution is 4.91. The number of hydrogen-bond donors (Lipinski definition) is 0. The lowest BCUT2D eigenvalue weighted by atomic mass is 10.0. The van der Waals surface area contributed by atoms with Crippen molar-refractivity contribution in [1.29, 1.82) is 0 Å². The lowest BCUT2D eigenvalue weighted by Gasteiger charge is -2.41. The Kier molecular flexibility index (Phi) is 1.90. The van der Waals surface area contributed by atoms with Crippen LogP contribution in [0.5, 0.6) is 0 Å². The summed E-state index contributed by atoms with van der Waals surface area (Å²) in [5, 5.41) is 0. The van der Waals surface area contributed by atoms with Gasteiger partial charge in [0.25, 0.3) is 0 Å². The van der Waals surface area contributed by atoms with E-state index in [4.69, 9.17) is 0 Å². The molecule has 0 amide bonds. The van der Waals surface area contributed by atoms with E-state index in [-0.39, 0.29) is 0 Å². The monoisotopic (exact) mass is 154 g/mol. The second-order valence-corrected chi connectivity index (χ2v) is 3.97. The number of nitrogens with zero attached hydrogens (tertiary/aromatic N) is 2. The minimum absolute atomic E-state index is 0.784. The van der Waals surface area contributed by atoms with Gasteiger partial charge in [-0.3, -0.25) is 4.90 Å². The van der Waals surface area contributed by atoms with Gasteiger partial charge in [-0.15, -0.1) is 0 Å². The second-order valence-electron chi connectivity index (χ2n) is 3.97. The van der Waals surface area contributed by atoms with Crippen LogP contribution in [0.1, 0.15) is 19.8 Å². The van der Waals surface area contributed by atoms with Crippen molar-refractivity contribution in [3.05, 3.63) is 0 Å². The van der Waals surface area contributed by atoms with E-state index in [1.54, 1.807) is 0 Å². The second kappa shape index (κ2) is 2.76. The summed E-state index contributed by atoms with van der Waals surface area (Å²) in [5.74, 6) is 0. The molecule has 0 aliphatic carbocycles. The molecule has 2 rings (SSSR count). The van der Waals surface area contributed by atoms with Gasteiger partial charge >= 0.3 is 0 Å². The third-order valence-electron chi connectivity index (χ3n) is 3.41. The molecule has 2 aliphatic rings. The summed E-state index contributed by atoms with van der Waals surface area (Å²) < 4.78 is 0. The molecule has 2 aliphatic heterocycles. The Bertz CT molecular complexity index is 146. The lowest BCUT2D eigenvalue weighted by Crippen LogP contribution is -2.54. The van der Waals surface area contributed by atoms with Gasteiger partial charge in [-0.05, 0) is 33.4 Å². The van der Waals surface area contributed by atoms with Crippen LogP contribution in [0.15, 0.2) is 0 Å². The Morgan fingerprint density at radius 2 is 2.00 bits per heavy atom. The van der Waals surface area contributed by atoms with Gasteiger partial charge in [-0.1, -0.05) is 0 Å². The normalized spacial score (nSPS) is 40.9. The van der Waals surface area contributed by atoms with Gasteiger partial charge in [-0.25, -0.2) is 0 Å². The molecule has 0 aromatic carbocycles. The average Bonchev–Trinajstić information content (AvgIpc) is 2.45. The summed E-state index contributed by atoms with van der Waals surface area (Å²) in [6, 6.07) is 1.65. The van der Waals surface area contributed by atoms with Gasteiger partial charge in [0.05, 0.1) is 0 Å². The van der Waals surface area contributed by atoms with Crippen LogP contribution in [0, 0.1) is 0 Å². The Hall–Kier alpha value is -0.0800. The molecule has 2 atom stereocenters. The highest BCUT2D eigenvalue weighted by Gasteiger charge is 2.34. The van der Waals surface area contributed by atoms with E-state index in [1.165, 1.54) is 32.5 Å². The molecule has 2 nitrogen and oxygen atoms in total. The first-order valence-electron chi connectivity index (χ1n) is 4.73. The number of rotatable bonds is 0. The van der Waals surface area contributed by atoms with Gasteiger partial charge < -0.3 is 4.90 Å². The van der Waals surface area contributed by atoms with Gasteiger partial charge in [0.2, 0.25) is 0 Å². The molecule has 0 radical (unpaired) electrons. The summed E-state index contributed by atoms with van der Waals surface area (Å²) in [5.41, 5.74) is 0. The molecule has 0 aromatic heterocycles. The summed E-state index contributed by atoms with van der Waals surface area (Å²) in [4.78, 5) is 5.15. The molecule has 2 saturated heterocycles. The van der Waals surface area contributed by atoms with E-state index < -0.39 is 0 Å². The topological polar surface area (TPSA) is 6.48 Å². The fourth-order valence-electron chi connectivity index (χ4n) is 2.46. The van der Waals surface area contributed by atoms with Crippen LogP contribution in [-0.4, -0.2) is 48.6 Å². The number of hydrogen-bond acceptors (Lipinski definition) is 2. The molecule has 64 valence electrons. The Morgan fingerprint density at radius 3 is 2.82 bits per heavy atom. The first kappa shape index (κ1) is 7.56. The van der Waals surface area contributed by atoms with Crippen molar-refractivity contribution in [1.82, 2.24) is 9.80 Å². The van der Waals surface area contributed by atoms with E-state index >= 15 is 0 Å². The summed E-state index contributed by atoms with van der Waals surface area (Å²) in [6.45, 7) is 6.27. The van der Waals surface area contributed by atoms with Crippen LogP contribution in [0.4, 0.5) is 0 Å². The fourth-order valence-corrected chi connectivity index (χ4v) is 2.46. The van der Waals surface area contributed by atoms with Crippen LogP contribution >= 0.6 is 0 Å². The standard InChI is InChI=1S/C9H18N2/c1-8-9-4-3-5-11(9)7-6-10(8)2/h8-9H,3-7H2,1-2H3. The van der Waals surface area contributed by atoms with Crippen molar-refractivity contribution < 1.29 is 0 Å². The maximum absolute atomic E-state index is 2.66. The number of fused-ring (bicyclic) bond motifs is 1. The van der Waals surface area contributed by atoms with Gasteiger partial charge in [0.1, 0.15) is 0 Å². The minimum Gasteiger partial charge on any atom is -0.301 e. The van der Waals surface area contributed by atoms with Crippen LogP contribution in [0.2, 0.25) is 0 Å².